The fourth-order valence-electron chi connectivity index (χ4n) is 3.24. The number of carbonyl (C=O) groups is 3. The summed E-state index contributed by atoms with van der Waals surface area (Å²) >= 11 is 0. The van der Waals surface area contributed by atoms with Crippen LogP contribution in [0.5, 0.6) is 0 Å². The van der Waals surface area contributed by atoms with Gasteiger partial charge in [0.15, 0.2) is 0 Å². The quantitative estimate of drug-likeness (QED) is 0.190. The van der Waals surface area contributed by atoms with Crippen molar-refractivity contribution in [3.05, 3.63) is 108 Å². The normalized spacial score (nSPS) is 11.1. The number of rotatable bonds is 5. The van der Waals surface area contributed by atoms with E-state index in [1.165, 1.54) is 0 Å². The van der Waals surface area contributed by atoms with Gasteiger partial charge in [-0.3, -0.25) is 25.2 Å². The van der Waals surface area contributed by atoms with Crippen molar-refractivity contribution in [2.24, 2.45) is 0 Å². The van der Waals surface area contributed by atoms with Gasteiger partial charge in [-0.25, -0.2) is 4.98 Å². The van der Waals surface area contributed by atoms with Crippen molar-refractivity contribution in [2.45, 2.75) is 0 Å². The number of hydrazine groups is 1. The van der Waals surface area contributed by atoms with Crippen molar-refractivity contribution in [3.63, 3.8) is 0 Å². The van der Waals surface area contributed by atoms with Crippen LogP contribution in [-0.4, -0.2) is 27.7 Å². The van der Waals surface area contributed by atoms with Crippen LogP contribution in [0.4, 0.5) is 0 Å². The molecule has 0 unspecified atom stereocenters. The molecule has 2 amide bonds. The maximum absolute atomic E-state index is 12.9. The first-order valence-electron chi connectivity index (χ1n) is 10.1. The molecule has 0 aliphatic carbocycles. The Balaban J connectivity index is 1.53. The number of aliphatic hydroxyl groups excluding tert-OH is 1. The summed E-state index contributed by atoms with van der Waals surface area (Å²) in [5.41, 5.74) is 7.08. The third kappa shape index (κ3) is 4.94. The first kappa shape index (κ1) is 21.5. The maximum Gasteiger partial charge on any atom is 0.310 e. The van der Waals surface area contributed by atoms with Crippen LogP contribution < -0.4 is 10.9 Å². The molecule has 0 aliphatic rings. The molecule has 7 heteroatoms. The number of amides is 2. The molecular formula is C26H19N3O4. The van der Waals surface area contributed by atoms with Crippen LogP contribution in [0.25, 0.3) is 27.9 Å². The second-order valence-electron chi connectivity index (χ2n) is 7.11. The molecule has 3 N–H and O–H groups in total. The number of carbonyl (C=O) groups excluding carboxylic acids is 3. The number of aliphatic hydroxyl groups is 1. The third-order valence-electron chi connectivity index (χ3n) is 4.88. The summed E-state index contributed by atoms with van der Waals surface area (Å²) in [5.74, 6) is -3.06. The lowest BCUT2D eigenvalue weighted by Crippen LogP contribution is -2.44. The van der Waals surface area contributed by atoms with Gasteiger partial charge >= 0.3 is 5.91 Å². The van der Waals surface area contributed by atoms with Crippen molar-refractivity contribution in [1.82, 2.24) is 15.8 Å². The minimum Gasteiger partial charge on any atom is -0.507 e. The van der Waals surface area contributed by atoms with E-state index < -0.39 is 17.6 Å². The van der Waals surface area contributed by atoms with E-state index in [0.717, 1.165) is 11.6 Å². The largest absolute Gasteiger partial charge is 0.507 e. The van der Waals surface area contributed by atoms with E-state index in [1.807, 2.05) is 36.4 Å². The van der Waals surface area contributed by atoms with E-state index in [4.69, 9.17) is 0 Å². The zero-order chi connectivity index (χ0) is 23.2. The second-order valence-corrected chi connectivity index (χ2v) is 7.11. The number of nitrogens with zero attached hydrogens (tertiary/aromatic N) is 1. The Hall–Kier alpha value is -4.78. The predicted molar refractivity (Wildman–Crippen MR) is 125 cm³/mol. The molecule has 4 rings (SSSR count). The molecule has 162 valence electrons. The molecule has 0 atom stereocenters. The Kier molecular flexibility index (Phi) is 6.22. The van der Waals surface area contributed by atoms with Crippen LogP contribution in [0.3, 0.4) is 0 Å². The summed E-state index contributed by atoms with van der Waals surface area (Å²) in [5, 5.41) is 10.6. The summed E-state index contributed by atoms with van der Waals surface area (Å²) in [6.45, 7) is 0. The lowest BCUT2D eigenvalue weighted by molar-refractivity contribution is -0.135. The van der Waals surface area contributed by atoms with Crippen LogP contribution in [0, 0.1) is 0 Å². The van der Waals surface area contributed by atoms with Crippen molar-refractivity contribution < 1.29 is 19.5 Å². The zero-order valence-corrected chi connectivity index (χ0v) is 17.4. The van der Waals surface area contributed by atoms with E-state index >= 15 is 0 Å². The van der Waals surface area contributed by atoms with Crippen LogP contribution in [0.2, 0.25) is 0 Å². The topological polar surface area (TPSA) is 108 Å². The fraction of sp³-hybridized carbons (Fsp3) is 0. The van der Waals surface area contributed by atoms with Crippen LogP contribution in [-0.2, 0) is 9.59 Å². The molecule has 0 aliphatic heterocycles. The Morgan fingerprint density at radius 3 is 2.15 bits per heavy atom. The van der Waals surface area contributed by atoms with Gasteiger partial charge in [0.05, 0.1) is 16.8 Å². The number of pyridine rings is 1. The summed E-state index contributed by atoms with van der Waals surface area (Å²) in [6.07, 6.45) is 0.798. The lowest BCUT2D eigenvalue weighted by Gasteiger charge is -2.11. The number of hydrogen-bond donors (Lipinski definition) is 3. The maximum atomic E-state index is 12.9. The van der Waals surface area contributed by atoms with Crippen molar-refractivity contribution in [2.75, 3.05) is 0 Å². The standard InChI is InChI=1S/C26H19N3O4/c30-23(18-11-5-2-6-12-18)16-24(31)26(33)29-28-25(32)20-15-22(17-9-3-1-4-10-17)27-21-14-8-7-13-19(20)21/h1-16,30H,(H,28,32)(H,29,33). The third-order valence-corrected chi connectivity index (χ3v) is 4.88. The van der Waals surface area contributed by atoms with Crippen molar-refractivity contribution in [3.8, 4) is 11.3 Å². The number of fused-ring (bicyclic) bond motifs is 1. The predicted octanol–water partition coefficient (Wildman–Crippen LogP) is 3.83. The first-order valence-corrected chi connectivity index (χ1v) is 10.1. The highest BCUT2D eigenvalue weighted by molar-refractivity contribution is 6.41. The van der Waals surface area contributed by atoms with Gasteiger partial charge in [0.2, 0.25) is 5.78 Å². The van der Waals surface area contributed by atoms with E-state index in [0.29, 0.717) is 22.2 Å². The highest BCUT2D eigenvalue weighted by atomic mass is 16.3. The van der Waals surface area contributed by atoms with E-state index in [1.54, 1.807) is 54.6 Å². The van der Waals surface area contributed by atoms with Crippen LogP contribution in [0.15, 0.2) is 97.1 Å². The van der Waals surface area contributed by atoms with E-state index in [-0.39, 0.29) is 11.3 Å². The number of nitrogens with one attached hydrogen (secondary N) is 2. The molecular weight excluding hydrogens is 418 g/mol. The summed E-state index contributed by atoms with van der Waals surface area (Å²) in [4.78, 5) is 41.8. The van der Waals surface area contributed by atoms with E-state index in [9.17, 15) is 19.5 Å². The zero-order valence-electron chi connectivity index (χ0n) is 17.4. The number of hydrogen-bond acceptors (Lipinski definition) is 5. The van der Waals surface area contributed by atoms with Crippen molar-refractivity contribution in [1.29, 1.82) is 0 Å². The van der Waals surface area contributed by atoms with E-state index in [2.05, 4.69) is 15.8 Å². The minimum absolute atomic E-state index is 0.287. The molecule has 0 saturated carbocycles. The molecule has 0 fully saturated rings. The van der Waals surface area contributed by atoms with Gasteiger partial charge in [0.1, 0.15) is 5.76 Å². The molecule has 0 saturated heterocycles. The molecule has 0 radical (unpaired) electrons. The Labute approximate surface area is 189 Å². The van der Waals surface area contributed by atoms with Crippen LogP contribution >= 0.6 is 0 Å². The van der Waals surface area contributed by atoms with Gasteiger partial charge in [-0.2, -0.15) is 0 Å². The molecule has 33 heavy (non-hydrogen) atoms. The Bertz CT molecular complexity index is 1370. The minimum atomic E-state index is -1.09. The number of para-hydroxylation sites is 1. The molecule has 1 heterocycles. The van der Waals surface area contributed by atoms with Crippen molar-refractivity contribution >= 4 is 34.3 Å². The number of benzene rings is 3. The number of ketones is 1. The van der Waals surface area contributed by atoms with Crippen LogP contribution in [0.1, 0.15) is 15.9 Å². The Morgan fingerprint density at radius 2 is 1.42 bits per heavy atom. The SMILES string of the molecule is O=C(C=C(O)c1ccccc1)C(=O)NNC(=O)c1cc(-c2ccccc2)nc2ccccc12. The molecule has 0 bridgehead atoms. The average Bonchev–Trinajstić information content (AvgIpc) is 2.87. The Morgan fingerprint density at radius 1 is 0.788 bits per heavy atom. The van der Waals surface area contributed by atoms with Gasteiger partial charge in [-0.15, -0.1) is 0 Å². The van der Waals surface area contributed by atoms with Gasteiger partial charge in [-0.1, -0.05) is 78.9 Å². The molecule has 7 nitrogen and oxygen atoms in total. The highest BCUT2D eigenvalue weighted by Gasteiger charge is 2.17. The number of aromatic nitrogens is 1. The highest BCUT2D eigenvalue weighted by Crippen LogP contribution is 2.24. The monoisotopic (exact) mass is 437 g/mol. The van der Waals surface area contributed by atoms with Gasteiger partial charge in [-0.05, 0) is 12.1 Å². The fourth-order valence-corrected chi connectivity index (χ4v) is 3.24. The molecule has 3 aromatic carbocycles. The summed E-state index contributed by atoms with van der Waals surface area (Å²) in [7, 11) is 0. The van der Waals surface area contributed by atoms with Gasteiger partial charge in [0, 0.05) is 22.6 Å². The summed E-state index contributed by atoms with van der Waals surface area (Å²) in [6, 6.07) is 26.5. The molecule has 4 aromatic rings. The average molecular weight is 437 g/mol. The van der Waals surface area contributed by atoms with Gasteiger partial charge < -0.3 is 5.11 Å². The molecule has 0 spiro atoms. The smallest absolute Gasteiger partial charge is 0.310 e. The van der Waals surface area contributed by atoms with Gasteiger partial charge in [0.25, 0.3) is 5.91 Å². The second kappa shape index (κ2) is 9.57. The summed E-state index contributed by atoms with van der Waals surface area (Å²) < 4.78 is 0. The first-order chi connectivity index (χ1) is 16.0. The lowest BCUT2D eigenvalue weighted by atomic mass is 10.0. The molecule has 1 aromatic heterocycles.